The van der Waals surface area contributed by atoms with E-state index in [9.17, 15) is 13.7 Å². The Balaban J connectivity index is 4.64. The van der Waals surface area contributed by atoms with Gasteiger partial charge in [0, 0.05) is 10.4 Å². The quantitative estimate of drug-likeness (QED) is 0.493. The van der Waals surface area contributed by atoms with Gasteiger partial charge in [-0.15, -0.1) is 4.89 Å². The smallest absolute Gasteiger partial charge is 0.321 e. The lowest BCUT2D eigenvalue weighted by Gasteiger charge is -2.07. The van der Waals surface area contributed by atoms with Crippen molar-refractivity contribution in [1.82, 2.24) is 0 Å². The van der Waals surface area contributed by atoms with Crippen molar-refractivity contribution in [2.45, 2.75) is 0 Å². The molecule has 86 valence electrons. The van der Waals surface area contributed by atoms with Crippen molar-refractivity contribution in [3.8, 4) is 0 Å². The maximum Gasteiger partial charge on any atom is 0.705 e. The number of phosphoric acid groups is 1. The van der Waals surface area contributed by atoms with Gasteiger partial charge in [0.15, 0.2) is 0 Å². The summed E-state index contributed by atoms with van der Waals surface area (Å²) in [7, 11) is -13.0. The monoisotopic (exact) mass is 277 g/mol. The summed E-state index contributed by atoms with van der Waals surface area (Å²) in [6.45, 7) is 3.18. The van der Waals surface area contributed by atoms with Gasteiger partial charge in [-0.1, -0.05) is 18.7 Å². The molecular weight excluding hydrogens is 269 g/mol. The number of allylic oxidation sites excluding steroid dienone is 2. The Bertz CT molecular complexity index is 372. The summed E-state index contributed by atoms with van der Waals surface area (Å²) in [6, 6.07) is 0. The highest BCUT2D eigenvalue weighted by atomic mass is 31.3. The van der Waals surface area contributed by atoms with Crippen molar-refractivity contribution in [1.29, 1.82) is 0 Å². The van der Waals surface area contributed by atoms with Crippen LogP contribution in [0.2, 0.25) is 0 Å². The Labute approximate surface area is 86.0 Å². The van der Waals surface area contributed by atoms with Crippen molar-refractivity contribution in [2.75, 3.05) is 0 Å². The minimum Gasteiger partial charge on any atom is -0.321 e. The summed E-state index contributed by atoms with van der Waals surface area (Å²) in [4.78, 5) is 25.7. The van der Waals surface area contributed by atoms with Crippen LogP contribution in [0.25, 0.3) is 0 Å². The maximum absolute atomic E-state index is 11.0. The molecule has 11 heteroatoms. The van der Waals surface area contributed by atoms with Crippen molar-refractivity contribution < 1.29 is 37.0 Å². The standard InChI is InChI=1S/C4H7O8P3/c1-2-3-4-14(7,8)12-15(9,10)11-13(5)6/h2-4H,1H2,(H2-,5,6,7,8,9,10)/p+1. The summed E-state index contributed by atoms with van der Waals surface area (Å²) in [5, 5.41) is 0. The lowest BCUT2D eigenvalue weighted by molar-refractivity contribution is 0.266. The van der Waals surface area contributed by atoms with Gasteiger partial charge in [-0.05, 0) is 4.31 Å². The molecule has 0 aromatic carbocycles. The fraction of sp³-hybridized carbons (Fsp3) is 0. The maximum atomic E-state index is 11.0. The molecule has 0 rings (SSSR count). The number of rotatable bonds is 6. The fourth-order valence-electron chi connectivity index (χ4n) is 0.448. The molecule has 0 radical (unpaired) electrons. The average molecular weight is 277 g/mol. The first-order valence-corrected chi connectivity index (χ1v) is 7.48. The molecule has 0 aliphatic carbocycles. The summed E-state index contributed by atoms with van der Waals surface area (Å²) >= 11 is 0. The Morgan fingerprint density at radius 3 is 2.27 bits per heavy atom. The van der Waals surface area contributed by atoms with Crippen LogP contribution in [0.5, 0.6) is 0 Å². The van der Waals surface area contributed by atoms with Crippen molar-refractivity contribution in [3.63, 3.8) is 0 Å². The number of hydrogen-bond donors (Lipinski definition) is 3. The van der Waals surface area contributed by atoms with Crippen LogP contribution in [0.3, 0.4) is 0 Å². The molecule has 0 spiro atoms. The van der Waals surface area contributed by atoms with E-state index >= 15 is 0 Å². The Kier molecular flexibility index (Phi) is 5.73. The average Bonchev–Trinajstić information content (AvgIpc) is 1.95. The van der Waals surface area contributed by atoms with Gasteiger partial charge >= 0.3 is 23.7 Å². The predicted molar refractivity (Wildman–Crippen MR) is 51.0 cm³/mol. The largest absolute Gasteiger partial charge is 0.705 e. The molecule has 0 heterocycles. The van der Waals surface area contributed by atoms with Crippen LogP contribution in [-0.4, -0.2) is 14.7 Å². The van der Waals surface area contributed by atoms with Crippen LogP contribution in [-0.2, 0) is 22.3 Å². The molecule has 0 saturated carbocycles. The zero-order valence-corrected chi connectivity index (χ0v) is 9.85. The van der Waals surface area contributed by atoms with Gasteiger partial charge in [-0.25, -0.2) is 8.88 Å². The summed E-state index contributed by atoms with van der Waals surface area (Å²) < 4.78 is 39.1. The van der Waals surface area contributed by atoms with E-state index < -0.39 is 23.7 Å². The second-order valence-electron chi connectivity index (χ2n) is 2.01. The van der Waals surface area contributed by atoms with Crippen molar-refractivity contribution in [3.05, 3.63) is 24.5 Å². The molecule has 0 aliphatic heterocycles. The minimum absolute atomic E-state index is 0.566. The van der Waals surface area contributed by atoms with E-state index in [1.165, 1.54) is 0 Å². The van der Waals surface area contributed by atoms with E-state index in [2.05, 4.69) is 15.2 Å². The Morgan fingerprint density at radius 2 is 1.87 bits per heavy atom. The van der Waals surface area contributed by atoms with Crippen LogP contribution in [0, 0.1) is 0 Å². The third-order valence-corrected chi connectivity index (χ3v) is 4.50. The molecule has 3 N–H and O–H groups in total. The summed E-state index contributed by atoms with van der Waals surface area (Å²) in [5.74, 6) is 0.566. The number of hydrogen-bond acceptors (Lipinski definition) is 5. The molecule has 3 atom stereocenters. The molecule has 0 aromatic rings. The van der Waals surface area contributed by atoms with Gasteiger partial charge < -0.3 is 4.89 Å². The lowest BCUT2D eigenvalue weighted by Crippen LogP contribution is -1.87. The first-order chi connectivity index (χ1) is 6.68. The van der Waals surface area contributed by atoms with E-state index in [1.54, 1.807) is 0 Å². The highest BCUT2D eigenvalue weighted by Crippen LogP contribution is 2.63. The third-order valence-electron chi connectivity index (χ3n) is 0.804. The SMILES string of the molecule is C=CC=CP(=O)(O)OP(=O)(O)O[P+](=O)O. The van der Waals surface area contributed by atoms with E-state index in [1.807, 2.05) is 0 Å². The van der Waals surface area contributed by atoms with Crippen LogP contribution >= 0.6 is 23.7 Å². The Hall–Kier alpha value is -0.160. The van der Waals surface area contributed by atoms with Gasteiger partial charge in [-0.2, -0.15) is 0 Å². The van der Waals surface area contributed by atoms with E-state index in [0.717, 1.165) is 12.2 Å². The second-order valence-corrected chi connectivity index (χ2v) is 6.16. The first kappa shape index (κ1) is 14.8. The zero-order valence-electron chi connectivity index (χ0n) is 7.16. The van der Waals surface area contributed by atoms with Crippen molar-refractivity contribution >= 4 is 23.7 Å². The molecule has 0 fully saturated rings. The molecule has 0 amide bonds. The second kappa shape index (κ2) is 5.80. The van der Waals surface area contributed by atoms with Gasteiger partial charge in [0.05, 0.1) is 0 Å². The Morgan fingerprint density at radius 1 is 1.33 bits per heavy atom. The third kappa shape index (κ3) is 7.73. The van der Waals surface area contributed by atoms with Gasteiger partial charge in [-0.3, -0.25) is 9.46 Å². The van der Waals surface area contributed by atoms with Crippen LogP contribution in [0.1, 0.15) is 0 Å². The minimum atomic E-state index is -5.04. The van der Waals surface area contributed by atoms with E-state index in [4.69, 9.17) is 14.7 Å². The highest BCUT2D eigenvalue weighted by molar-refractivity contribution is 7.68. The zero-order chi connectivity index (χ0) is 12.1. The molecule has 15 heavy (non-hydrogen) atoms. The predicted octanol–water partition coefficient (Wildman–Crippen LogP) is 1.65. The van der Waals surface area contributed by atoms with Gasteiger partial charge in [0.2, 0.25) is 0 Å². The topological polar surface area (TPSA) is 130 Å². The van der Waals surface area contributed by atoms with Crippen LogP contribution in [0.4, 0.5) is 0 Å². The molecule has 8 nitrogen and oxygen atoms in total. The molecule has 3 unspecified atom stereocenters. The van der Waals surface area contributed by atoms with Crippen LogP contribution in [0.15, 0.2) is 24.5 Å². The summed E-state index contributed by atoms with van der Waals surface area (Å²) in [5.41, 5.74) is 0. The van der Waals surface area contributed by atoms with E-state index in [0.29, 0.717) is 5.82 Å². The fourth-order valence-corrected chi connectivity index (χ4v) is 3.28. The van der Waals surface area contributed by atoms with Gasteiger partial charge in [0.1, 0.15) is 0 Å². The normalized spacial score (nSPS) is 20.6. The first-order valence-electron chi connectivity index (χ1n) is 3.21. The molecule has 0 bridgehead atoms. The highest BCUT2D eigenvalue weighted by Gasteiger charge is 2.40. The molecule has 0 saturated heterocycles. The van der Waals surface area contributed by atoms with Crippen LogP contribution < -0.4 is 0 Å². The molecule has 0 aromatic heterocycles. The molecular formula is C4H8O8P3+. The van der Waals surface area contributed by atoms with E-state index in [-0.39, 0.29) is 0 Å². The van der Waals surface area contributed by atoms with Gasteiger partial charge in [0.25, 0.3) is 0 Å². The summed E-state index contributed by atoms with van der Waals surface area (Å²) in [6.07, 6.45) is 2.13. The lowest BCUT2D eigenvalue weighted by atomic mass is 10.6. The van der Waals surface area contributed by atoms with Crippen molar-refractivity contribution in [2.24, 2.45) is 0 Å². The molecule has 0 aliphatic rings.